The number of likely N-dealkylation sites (tertiary alicyclic amines) is 1. The summed E-state index contributed by atoms with van der Waals surface area (Å²) in [7, 11) is 1.46. The number of piperidine rings is 1. The van der Waals surface area contributed by atoms with Crippen molar-refractivity contribution in [1.29, 1.82) is 0 Å². The summed E-state index contributed by atoms with van der Waals surface area (Å²) in [6, 6.07) is 7.44. The Morgan fingerprint density at radius 2 is 2.17 bits per heavy atom. The fourth-order valence-corrected chi connectivity index (χ4v) is 3.78. The lowest BCUT2D eigenvalue weighted by molar-refractivity contribution is 0.157. The van der Waals surface area contributed by atoms with E-state index in [1.54, 1.807) is 24.3 Å². The number of hydrogen-bond donors (Lipinski definition) is 3. The molecule has 162 valence electrons. The van der Waals surface area contributed by atoms with Crippen molar-refractivity contribution >= 4 is 23.3 Å². The number of aliphatic hydroxyl groups excluding tert-OH is 1. The number of amides is 2. The van der Waals surface area contributed by atoms with Crippen molar-refractivity contribution in [2.75, 3.05) is 38.7 Å². The number of benzene rings is 1. The fraction of sp³-hybridized carbons (Fsp3) is 0.429. The quantitative estimate of drug-likeness (QED) is 0.620. The van der Waals surface area contributed by atoms with Crippen LogP contribution in [0.5, 0.6) is 5.75 Å². The summed E-state index contributed by atoms with van der Waals surface area (Å²) in [4.78, 5) is 19.0. The van der Waals surface area contributed by atoms with Gasteiger partial charge in [0.25, 0.3) is 0 Å². The highest BCUT2D eigenvalue weighted by atomic mass is 35.5. The van der Waals surface area contributed by atoms with Gasteiger partial charge in [-0.05, 0) is 37.1 Å². The third kappa shape index (κ3) is 5.81. The second-order valence-electron chi connectivity index (χ2n) is 7.23. The zero-order valence-corrected chi connectivity index (χ0v) is 17.5. The number of nitrogens with zero attached hydrogens (tertiary/aromatic N) is 2. The van der Waals surface area contributed by atoms with E-state index in [2.05, 4.69) is 20.5 Å². The van der Waals surface area contributed by atoms with Gasteiger partial charge >= 0.3 is 6.03 Å². The first-order valence-corrected chi connectivity index (χ1v) is 10.2. The molecule has 0 saturated carbocycles. The largest absolute Gasteiger partial charge is 0.495 e. The molecule has 0 bridgehead atoms. The topological polar surface area (TPSA) is 86.7 Å². The zero-order valence-electron chi connectivity index (χ0n) is 16.8. The molecule has 1 fully saturated rings. The lowest BCUT2D eigenvalue weighted by Gasteiger charge is -2.38. The molecule has 2 heterocycles. The highest BCUT2D eigenvalue weighted by Gasteiger charge is 2.34. The fourth-order valence-electron chi connectivity index (χ4n) is 3.65. The second kappa shape index (κ2) is 10.6. The number of halogens is 2. The predicted octanol–water partition coefficient (Wildman–Crippen LogP) is 3.24. The number of methoxy groups -OCH3 is 1. The molecule has 2 unspecified atom stereocenters. The van der Waals surface area contributed by atoms with Gasteiger partial charge in [0.05, 0.1) is 19.0 Å². The van der Waals surface area contributed by atoms with E-state index in [-0.39, 0.29) is 24.6 Å². The molecule has 1 aliphatic rings. The molecule has 2 aromatic rings. The molecule has 2 atom stereocenters. The summed E-state index contributed by atoms with van der Waals surface area (Å²) < 4.78 is 19.8. The summed E-state index contributed by atoms with van der Waals surface area (Å²) in [6.07, 6.45) is 2.76. The Kier molecular flexibility index (Phi) is 7.84. The molecule has 3 N–H and O–H groups in total. The number of rotatable bonds is 7. The van der Waals surface area contributed by atoms with Crippen LogP contribution in [0.15, 0.2) is 36.5 Å². The second-order valence-corrected chi connectivity index (χ2v) is 7.66. The maximum absolute atomic E-state index is 14.8. The summed E-state index contributed by atoms with van der Waals surface area (Å²) in [5.74, 6) is -0.457. The van der Waals surface area contributed by atoms with Crippen LogP contribution in [-0.4, -0.2) is 60.4 Å². The van der Waals surface area contributed by atoms with Gasteiger partial charge in [-0.15, -0.1) is 0 Å². The Morgan fingerprint density at radius 3 is 2.83 bits per heavy atom. The van der Waals surface area contributed by atoms with Gasteiger partial charge in [-0.25, -0.2) is 9.18 Å². The number of hydrogen-bond acceptors (Lipinski definition) is 5. The molecule has 1 aliphatic heterocycles. The Morgan fingerprint density at radius 1 is 1.40 bits per heavy atom. The molecule has 1 aromatic heterocycles. The SMILES string of the molecule is COc1cnc(C2CN(CCCO)CCC2NC(=O)Nc2ccc(Cl)cc2)c(F)c1. The number of ether oxygens (including phenoxy) is 1. The van der Waals surface area contributed by atoms with E-state index in [0.29, 0.717) is 48.1 Å². The number of aromatic nitrogens is 1. The molecular formula is C21H26ClFN4O3. The number of carbonyl (C=O) groups excluding carboxylic acids is 1. The van der Waals surface area contributed by atoms with Gasteiger partial charge in [0, 0.05) is 55.0 Å². The molecule has 9 heteroatoms. The average Bonchev–Trinajstić information content (AvgIpc) is 2.74. The van der Waals surface area contributed by atoms with Crippen LogP contribution in [0.2, 0.25) is 5.02 Å². The van der Waals surface area contributed by atoms with Crippen molar-refractivity contribution in [2.24, 2.45) is 0 Å². The maximum atomic E-state index is 14.8. The minimum Gasteiger partial charge on any atom is -0.495 e. The van der Waals surface area contributed by atoms with Crippen molar-refractivity contribution in [3.8, 4) is 5.75 Å². The standard InChI is InChI=1S/C21H26ClFN4O3/c1-30-16-11-18(23)20(24-12-16)17-13-27(8-2-10-28)9-7-19(17)26-21(29)25-15-5-3-14(22)4-6-15/h3-6,11-12,17,19,28H,2,7-10,13H2,1H3,(H2,25,26,29). The lowest BCUT2D eigenvalue weighted by atomic mass is 9.88. The third-order valence-electron chi connectivity index (χ3n) is 5.18. The summed E-state index contributed by atoms with van der Waals surface area (Å²) in [5.41, 5.74) is 0.906. The molecule has 0 radical (unpaired) electrons. The van der Waals surface area contributed by atoms with Crippen LogP contribution < -0.4 is 15.4 Å². The predicted molar refractivity (Wildman–Crippen MR) is 114 cm³/mol. The van der Waals surface area contributed by atoms with E-state index in [1.807, 2.05) is 0 Å². The summed E-state index contributed by atoms with van der Waals surface area (Å²) >= 11 is 5.88. The highest BCUT2D eigenvalue weighted by molar-refractivity contribution is 6.30. The Balaban J connectivity index is 1.74. The van der Waals surface area contributed by atoms with Crippen molar-refractivity contribution in [3.05, 3.63) is 53.1 Å². The molecular weight excluding hydrogens is 411 g/mol. The average molecular weight is 437 g/mol. The summed E-state index contributed by atoms with van der Waals surface area (Å²) in [5, 5.41) is 15.4. The lowest BCUT2D eigenvalue weighted by Crippen LogP contribution is -2.51. The van der Waals surface area contributed by atoms with Gasteiger partial charge < -0.3 is 25.4 Å². The van der Waals surface area contributed by atoms with Gasteiger partial charge in [-0.2, -0.15) is 0 Å². The Labute approximate surface area is 180 Å². The number of nitrogens with one attached hydrogen (secondary N) is 2. The van der Waals surface area contributed by atoms with Crippen molar-refractivity contribution in [2.45, 2.75) is 24.8 Å². The molecule has 2 amide bonds. The molecule has 30 heavy (non-hydrogen) atoms. The highest BCUT2D eigenvalue weighted by Crippen LogP contribution is 2.29. The molecule has 7 nitrogen and oxygen atoms in total. The van der Waals surface area contributed by atoms with Crippen molar-refractivity contribution in [3.63, 3.8) is 0 Å². The third-order valence-corrected chi connectivity index (χ3v) is 5.43. The van der Waals surface area contributed by atoms with Crippen LogP contribution in [0.25, 0.3) is 0 Å². The molecule has 1 aromatic carbocycles. The number of aliphatic hydroxyl groups is 1. The van der Waals surface area contributed by atoms with Gasteiger partial charge in [-0.1, -0.05) is 11.6 Å². The number of pyridine rings is 1. The van der Waals surface area contributed by atoms with E-state index in [4.69, 9.17) is 21.4 Å². The van der Waals surface area contributed by atoms with Crippen LogP contribution in [0.3, 0.4) is 0 Å². The van der Waals surface area contributed by atoms with E-state index >= 15 is 0 Å². The Hall–Kier alpha value is -2.42. The minimum atomic E-state index is -0.465. The van der Waals surface area contributed by atoms with Gasteiger partial charge in [0.2, 0.25) is 0 Å². The monoisotopic (exact) mass is 436 g/mol. The van der Waals surface area contributed by atoms with Gasteiger partial charge in [0.15, 0.2) is 0 Å². The van der Waals surface area contributed by atoms with Crippen molar-refractivity contribution < 1.29 is 19.0 Å². The first-order valence-electron chi connectivity index (χ1n) is 9.86. The van der Waals surface area contributed by atoms with Crippen molar-refractivity contribution in [1.82, 2.24) is 15.2 Å². The van der Waals surface area contributed by atoms with Crippen LogP contribution >= 0.6 is 11.6 Å². The minimum absolute atomic E-state index is 0.0987. The molecule has 0 spiro atoms. The number of carbonyl (C=O) groups is 1. The smallest absolute Gasteiger partial charge is 0.319 e. The number of anilines is 1. The number of urea groups is 1. The van der Waals surface area contributed by atoms with E-state index in [1.165, 1.54) is 19.4 Å². The molecule has 0 aliphatic carbocycles. The van der Waals surface area contributed by atoms with Crippen LogP contribution in [0, 0.1) is 5.82 Å². The molecule has 1 saturated heterocycles. The van der Waals surface area contributed by atoms with Gasteiger partial charge in [-0.3, -0.25) is 4.98 Å². The van der Waals surface area contributed by atoms with Gasteiger partial charge in [0.1, 0.15) is 11.6 Å². The first-order chi connectivity index (χ1) is 14.5. The first kappa shape index (κ1) is 22.3. The van der Waals surface area contributed by atoms with E-state index < -0.39 is 5.82 Å². The normalized spacial score (nSPS) is 19.3. The van der Waals surface area contributed by atoms with E-state index in [0.717, 1.165) is 6.54 Å². The Bertz CT molecular complexity index is 853. The molecule has 3 rings (SSSR count). The van der Waals surface area contributed by atoms with E-state index in [9.17, 15) is 9.18 Å². The van der Waals surface area contributed by atoms with Crippen LogP contribution in [0.4, 0.5) is 14.9 Å². The summed E-state index contributed by atoms with van der Waals surface area (Å²) in [6.45, 7) is 2.07. The zero-order chi connectivity index (χ0) is 21.5. The van der Waals surface area contributed by atoms with Crippen LogP contribution in [0.1, 0.15) is 24.5 Å². The maximum Gasteiger partial charge on any atom is 0.319 e. The van der Waals surface area contributed by atoms with Crippen LogP contribution in [-0.2, 0) is 0 Å².